The molecule has 30 heavy (non-hydrogen) atoms. The normalized spacial score (nSPS) is 19.3. The first-order chi connectivity index (χ1) is 14.0. The van der Waals surface area contributed by atoms with Crippen molar-refractivity contribution in [1.82, 2.24) is 4.31 Å². The number of piperazine rings is 1. The highest BCUT2D eigenvalue weighted by molar-refractivity contribution is 7.89. The van der Waals surface area contributed by atoms with Crippen LogP contribution >= 0.6 is 11.6 Å². The van der Waals surface area contributed by atoms with Crippen LogP contribution in [0, 0.1) is 6.92 Å². The summed E-state index contributed by atoms with van der Waals surface area (Å²) >= 11 is 6.15. The molecule has 160 valence electrons. The number of fused-ring (bicyclic) bond motifs is 1. The molecule has 8 heteroatoms. The van der Waals surface area contributed by atoms with E-state index in [-0.39, 0.29) is 10.8 Å². The molecule has 1 fully saturated rings. The maximum atomic E-state index is 13.3. The van der Waals surface area contributed by atoms with Crippen molar-refractivity contribution in [3.8, 4) is 0 Å². The molecule has 2 aliphatic rings. The van der Waals surface area contributed by atoms with E-state index in [2.05, 4.69) is 4.90 Å². The first-order valence-electron chi connectivity index (χ1n) is 9.97. The molecule has 2 aliphatic heterocycles. The Labute approximate surface area is 183 Å². The van der Waals surface area contributed by atoms with E-state index in [9.17, 15) is 13.2 Å². The van der Waals surface area contributed by atoms with Crippen LogP contribution in [0.3, 0.4) is 0 Å². The van der Waals surface area contributed by atoms with Crippen LogP contribution in [0.25, 0.3) is 0 Å². The Balaban J connectivity index is 1.57. The van der Waals surface area contributed by atoms with E-state index in [4.69, 9.17) is 11.6 Å². The van der Waals surface area contributed by atoms with Crippen molar-refractivity contribution in [1.29, 1.82) is 0 Å². The summed E-state index contributed by atoms with van der Waals surface area (Å²) in [6.07, 6.45) is 0. The van der Waals surface area contributed by atoms with Crippen LogP contribution in [0.5, 0.6) is 0 Å². The van der Waals surface area contributed by atoms with Gasteiger partial charge in [-0.15, -0.1) is 0 Å². The lowest BCUT2D eigenvalue weighted by Crippen LogP contribution is -2.48. The van der Waals surface area contributed by atoms with Gasteiger partial charge in [0.05, 0.1) is 10.3 Å². The summed E-state index contributed by atoms with van der Waals surface area (Å²) in [6, 6.07) is 10.8. The lowest BCUT2D eigenvalue weighted by molar-refractivity contribution is -0.121. The molecular weight excluding hydrogens is 422 g/mol. The average molecular weight is 448 g/mol. The molecule has 0 atom stereocenters. The summed E-state index contributed by atoms with van der Waals surface area (Å²) < 4.78 is 28.2. The minimum absolute atomic E-state index is 0.0300. The van der Waals surface area contributed by atoms with E-state index < -0.39 is 15.4 Å². The maximum absolute atomic E-state index is 13.3. The zero-order chi connectivity index (χ0) is 21.8. The second-order valence-electron chi connectivity index (χ2n) is 8.49. The van der Waals surface area contributed by atoms with E-state index in [1.807, 2.05) is 39.0 Å². The number of hydrogen-bond donors (Lipinski definition) is 0. The lowest BCUT2D eigenvalue weighted by Gasteiger charge is -2.36. The van der Waals surface area contributed by atoms with E-state index in [1.165, 1.54) is 4.31 Å². The Kier molecular flexibility index (Phi) is 5.11. The summed E-state index contributed by atoms with van der Waals surface area (Å²) in [6.45, 7) is 7.68. The highest BCUT2D eigenvalue weighted by Crippen LogP contribution is 2.42. The first-order valence-corrected chi connectivity index (χ1v) is 11.8. The molecule has 2 aromatic rings. The average Bonchev–Trinajstić information content (AvgIpc) is 2.90. The molecule has 0 saturated carbocycles. The maximum Gasteiger partial charge on any atom is 0.243 e. The van der Waals surface area contributed by atoms with Gasteiger partial charge >= 0.3 is 0 Å². The standard InChI is InChI=1S/C22H26ClN3O3S/c1-15-5-6-16(23)13-20(15)25-9-11-26(12-10-25)30(28,29)17-7-8-19-18(14-17)22(2,3)21(27)24(19)4/h5-8,13-14H,9-12H2,1-4H3. The van der Waals surface area contributed by atoms with Crippen molar-refractivity contribution in [3.63, 3.8) is 0 Å². The monoisotopic (exact) mass is 447 g/mol. The van der Waals surface area contributed by atoms with Gasteiger partial charge in [0.2, 0.25) is 15.9 Å². The number of carbonyl (C=O) groups excluding carboxylic acids is 1. The molecule has 0 unspecified atom stereocenters. The van der Waals surface area contributed by atoms with E-state index >= 15 is 0 Å². The van der Waals surface area contributed by atoms with Crippen LogP contribution in [-0.4, -0.2) is 51.9 Å². The van der Waals surface area contributed by atoms with Gasteiger partial charge in [0.15, 0.2) is 0 Å². The van der Waals surface area contributed by atoms with E-state index in [1.54, 1.807) is 30.1 Å². The van der Waals surface area contributed by atoms with E-state index in [0.717, 1.165) is 22.5 Å². The quantitative estimate of drug-likeness (QED) is 0.723. The summed E-state index contributed by atoms with van der Waals surface area (Å²) in [5, 5.41) is 0.672. The second-order valence-corrected chi connectivity index (χ2v) is 10.9. The van der Waals surface area contributed by atoms with Crippen molar-refractivity contribution in [3.05, 3.63) is 52.5 Å². The van der Waals surface area contributed by atoms with Gasteiger partial charge in [-0.05, 0) is 62.2 Å². The second kappa shape index (κ2) is 7.25. The zero-order valence-electron chi connectivity index (χ0n) is 17.6. The lowest BCUT2D eigenvalue weighted by atomic mass is 9.86. The van der Waals surface area contributed by atoms with Gasteiger partial charge in [0, 0.05) is 49.6 Å². The SMILES string of the molecule is Cc1ccc(Cl)cc1N1CCN(S(=O)(=O)c2ccc3c(c2)C(C)(C)C(=O)N3C)CC1. The molecule has 0 aliphatic carbocycles. The Bertz CT molecular complexity index is 1120. The third kappa shape index (κ3) is 3.29. The molecule has 0 radical (unpaired) electrons. The minimum Gasteiger partial charge on any atom is -0.369 e. The van der Waals surface area contributed by atoms with E-state index in [0.29, 0.717) is 31.2 Å². The summed E-state index contributed by atoms with van der Waals surface area (Å²) in [7, 11) is -1.92. The van der Waals surface area contributed by atoms with Crippen LogP contribution in [0.1, 0.15) is 25.0 Å². The number of carbonyl (C=O) groups is 1. The van der Waals surface area contributed by atoms with Crippen LogP contribution in [0.15, 0.2) is 41.3 Å². The van der Waals surface area contributed by atoms with Crippen molar-refractivity contribution >= 4 is 38.9 Å². The first kappa shape index (κ1) is 21.2. The Hall–Kier alpha value is -2.09. The van der Waals surface area contributed by atoms with Crippen molar-refractivity contribution in [2.24, 2.45) is 0 Å². The van der Waals surface area contributed by atoms with Crippen molar-refractivity contribution < 1.29 is 13.2 Å². The predicted octanol–water partition coefficient (Wildman–Crippen LogP) is 3.41. The number of sulfonamides is 1. The summed E-state index contributed by atoms with van der Waals surface area (Å²) in [4.78, 5) is 16.5. The van der Waals surface area contributed by atoms with Crippen LogP contribution < -0.4 is 9.80 Å². The molecule has 0 spiro atoms. The number of benzene rings is 2. The van der Waals surface area contributed by atoms with Gasteiger partial charge in [0.25, 0.3) is 0 Å². The minimum atomic E-state index is -3.64. The van der Waals surface area contributed by atoms with Crippen LogP contribution in [0.4, 0.5) is 11.4 Å². The van der Waals surface area contributed by atoms with Gasteiger partial charge in [-0.2, -0.15) is 4.31 Å². The predicted molar refractivity (Wildman–Crippen MR) is 120 cm³/mol. The fraction of sp³-hybridized carbons (Fsp3) is 0.409. The number of aryl methyl sites for hydroxylation is 1. The van der Waals surface area contributed by atoms with Gasteiger partial charge < -0.3 is 9.80 Å². The fourth-order valence-corrected chi connectivity index (χ4v) is 5.97. The molecule has 0 N–H and O–H groups in total. The van der Waals surface area contributed by atoms with Gasteiger partial charge in [-0.25, -0.2) is 8.42 Å². The largest absolute Gasteiger partial charge is 0.369 e. The topological polar surface area (TPSA) is 60.9 Å². The molecule has 0 bridgehead atoms. The van der Waals surface area contributed by atoms with Crippen LogP contribution in [0.2, 0.25) is 5.02 Å². The Morgan fingerprint density at radius 2 is 1.63 bits per heavy atom. The van der Waals surface area contributed by atoms with Crippen molar-refractivity contribution in [2.45, 2.75) is 31.1 Å². The molecule has 6 nitrogen and oxygen atoms in total. The number of nitrogens with zero attached hydrogens (tertiary/aromatic N) is 3. The number of anilines is 2. The zero-order valence-corrected chi connectivity index (χ0v) is 19.2. The molecule has 4 rings (SSSR count). The highest BCUT2D eigenvalue weighted by atomic mass is 35.5. The van der Waals surface area contributed by atoms with Gasteiger partial charge in [-0.3, -0.25) is 4.79 Å². The fourth-order valence-electron chi connectivity index (χ4n) is 4.35. The number of hydrogen-bond acceptors (Lipinski definition) is 4. The number of halogens is 1. The number of likely N-dealkylation sites (N-methyl/N-ethyl adjacent to an activating group) is 1. The van der Waals surface area contributed by atoms with Crippen LogP contribution in [-0.2, 0) is 20.2 Å². The molecule has 0 aromatic heterocycles. The molecule has 1 saturated heterocycles. The summed E-state index contributed by atoms with van der Waals surface area (Å²) in [5.41, 5.74) is 2.94. The van der Waals surface area contributed by atoms with Crippen molar-refractivity contribution in [2.75, 3.05) is 43.0 Å². The third-order valence-corrected chi connectivity index (χ3v) is 8.36. The molecule has 2 aromatic carbocycles. The number of rotatable bonds is 3. The highest BCUT2D eigenvalue weighted by Gasteiger charge is 2.43. The number of amides is 1. The third-order valence-electron chi connectivity index (χ3n) is 6.23. The smallest absolute Gasteiger partial charge is 0.243 e. The van der Waals surface area contributed by atoms with Gasteiger partial charge in [-0.1, -0.05) is 17.7 Å². The summed E-state index contributed by atoms with van der Waals surface area (Å²) in [5.74, 6) is -0.0300. The Morgan fingerprint density at radius 3 is 2.30 bits per heavy atom. The molecule has 1 amide bonds. The Morgan fingerprint density at radius 1 is 0.967 bits per heavy atom. The molecule has 2 heterocycles. The van der Waals surface area contributed by atoms with Gasteiger partial charge in [0.1, 0.15) is 0 Å². The molecular formula is C22H26ClN3O3S.